The van der Waals surface area contributed by atoms with E-state index in [0.717, 1.165) is 6.42 Å². The van der Waals surface area contributed by atoms with Gasteiger partial charge in [0.2, 0.25) is 0 Å². The summed E-state index contributed by atoms with van der Waals surface area (Å²) in [6.07, 6.45) is 3.30. The first-order chi connectivity index (χ1) is 4.16. The summed E-state index contributed by atoms with van der Waals surface area (Å²) in [6.45, 7) is 6.22. The molecule has 1 heteroatoms. The summed E-state index contributed by atoms with van der Waals surface area (Å²) >= 11 is 0. The van der Waals surface area contributed by atoms with Crippen LogP contribution in [0.3, 0.4) is 0 Å². The van der Waals surface area contributed by atoms with Gasteiger partial charge in [0.05, 0.1) is 6.10 Å². The minimum atomic E-state index is -0.119. The molecule has 0 rings (SSSR count). The van der Waals surface area contributed by atoms with Crippen molar-refractivity contribution < 1.29 is 5.11 Å². The van der Waals surface area contributed by atoms with Gasteiger partial charge in [0.15, 0.2) is 0 Å². The van der Waals surface area contributed by atoms with Crippen molar-refractivity contribution in [2.75, 3.05) is 0 Å². The number of aliphatic hydroxyl groups is 1. The SMILES string of the molecule is CCC[C@H](C)C[C@@H](C)O. The lowest BCUT2D eigenvalue weighted by Gasteiger charge is -2.10. The Morgan fingerprint density at radius 3 is 2.22 bits per heavy atom. The predicted octanol–water partition coefficient (Wildman–Crippen LogP) is 2.19. The second-order valence-electron chi connectivity index (χ2n) is 2.98. The van der Waals surface area contributed by atoms with Crippen LogP contribution >= 0.6 is 0 Å². The maximum Gasteiger partial charge on any atom is 0.0514 e. The average Bonchev–Trinajstić information content (AvgIpc) is 1.63. The van der Waals surface area contributed by atoms with Crippen LogP contribution in [-0.2, 0) is 0 Å². The molecule has 0 amide bonds. The summed E-state index contributed by atoms with van der Waals surface area (Å²) in [6, 6.07) is 0. The van der Waals surface area contributed by atoms with Crippen molar-refractivity contribution in [3.05, 3.63) is 0 Å². The molecule has 9 heavy (non-hydrogen) atoms. The van der Waals surface area contributed by atoms with Crippen LogP contribution in [-0.4, -0.2) is 11.2 Å². The van der Waals surface area contributed by atoms with Crippen LogP contribution in [0.1, 0.15) is 40.0 Å². The van der Waals surface area contributed by atoms with Crippen molar-refractivity contribution in [2.45, 2.75) is 46.1 Å². The first-order valence-corrected chi connectivity index (χ1v) is 3.84. The van der Waals surface area contributed by atoms with E-state index in [2.05, 4.69) is 13.8 Å². The Hall–Kier alpha value is -0.0400. The third-order valence-electron chi connectivity index (χ3n) is 1.52. The molecule has 0 spiro atoms. The minimum Gasteiger partial charge on any atom is -0.393 e. The molecule has 0 bridgehead atoms. The van der Waals surface area contributed by atoms with E-state index in [4.69, 9.17) is 5.11 Å². The molecule has 0 unspecified atom stereocenters. The Bertz CT molecular complexity index is 59.6. The summed E-state index contributed by atoms with van der Waals surface area (Å²) in [5.74, 6) is 0.690. The number of hydrogen-bond donors (Lipinski definition) is 1. The summed E-state index contributed by atoms with van der Waals surface area (Å²) in [5, 5.41) is 8.95. The third-order valence-corrected chi connectivity index (χ3v) is 1.52. The highest BCUT2D eigenvalue weighted by Crippen LogP contribution is 2.11. The minimum absolute atomic E-state index is 0.119. The van der Waals surface area contributed by atoms with Crippen molar-refractivity contribution in [3.8, 4) is 0 Å². The van der Waals surface area contributed by atoms with Gasteiger partial charge in [-0.05, 0) is 19.3 Å². The molecule has 0 heterocycles. The first-order valence-electron chi connectivity index (χ1n) is 3.84. The van der Waals surface area contributed by atoms with Crippen molar-refractivity contribution >= 4 is 0 Å². The van der Waals surface area contributed by atoms with Crippen molar-refractivity contribution in [2.24, 2.45) is 5.92 Å². The summed E-state index contributed by atoms with van der Waals surface area (Å²) in [4.78, 5) is 0. The highest BCUT2D eigenvalue weighted by Gasteiger charge is 2.03. The molecule has 1 N–H and O–H groups in total. The Kier molecular flexibility index (Phi) is 4.78. The summed E-state index contributed by atoms with van der Waals surface area (Å²) < 4.78 is 0. The molecule has 2 atom stereocenters. The topological polar surface area (TPSA) is 20.2 Å². The molecule has 0 aromatic rings. The van der Waals surface area contributed by atoms with E-state index >= 15 is 0 Å². The maximum atomic E-state index is 8.95. The quantitative estimate of drug-likeness (QED) is 0.618. The number of aliphatic hydroxyl groups excluding tert-OH is 1. The zero-order chi connectivity index (χ0) is 7.28. The van der Waals surface area contributed by atoms with Gasteiger partial charge in [-0.25, -0.2) is 0 Å². The second-order valence-corrected chi connectivity index (χ2v) is 2.98. The van der Waals surface area contributed by atoms with Gasteiger partial charge < -0.3 is 5.11 Å². The number of rotatable bonds is 4. The lowest BCUT2D eigenvalue weighted by atomic mass is 10.00. The van der Waals surface area contributed by atoms with Crippen LogP contribution in [0.5, 0.6) is 0 Å². The van der Waals surface area contributed by atoms with Crippen molar-refractivity contribution in [1.29, 1.82) is 0 Å². The van der Waals surface area contributed by atoms with E-state index in [9.17, 15) is 0 Å². The fourth-order valence-electron chi connectivity index (χ4n) is 1.19. The molecule has 0 aliphatic heterocycles. The highest BCUT2D eigenvalue weighted by molar-refractivity contribution is 4.55. The van der Waals surface area contributed by atoms with Crippen LogP contribution in [0, 0.1) is 5.92 Å². The lowest BCUT2D eigenvalue weighted by Crippen LogP contribution is -2.06. The van der Waals surface area contributed by atoms with Gasteiger partial charge in [-0.2, -0.15) is 0 Å². The Balaban J connectivity index is 3.15. The molecule has 0 fully saturated rings. The second kappa shape index (κ2) is 4.80. The zero-order valence-corrected chi connectivity index (χ0v) is 6.72. The van der Waals surface area contributed by atoms with Gasteiger partial charge in [-0.15, -0.1) is 0 Å². The third kappa shape index (κ3) is 5.84. The van der Waals surface area contributed by atoms with Crippen LogP contribution in [0.25, 0.3) is 0 Å². The van der Waals surface area contributed by atoms with Gasteiger partial charge in [0.25, 0.3) is 0 Å². The van der Waals surface area contributed by atoms with Crippen molar-refractivity contribution in [1.82, 2.24) is 0 Å². The van der Waals surface area contributed by atoms with E-state index in [1.807, 2.05) is 6.92 Å². The van der Waals surface area contributed by atoms with E-state index in [0.29, 0.717) is 5.92 Å². The number of hydrogen-bond acceptors (Lipinski definition) is 1. The summed E-state index contributed by atoms with van der Waals surface area (Å²) in [7, 11) is 0. The Morgan fingerprint density at radius 2 is 1.89 bits per heavy atom. The van der Waals surface area contributed by atoms with Crippen LogP contribution in [0.15, 0.2) is 0 Å². The smallest absolute Gasteiger partial charge is 0.0514 e. The molecule has 0 saturated heterocycles. The largest absolute Gasteiger partial charge is 0.393 e. The van der Waals surface area contributed by atoms with E-state index in [-0.39, 0.29) is 6.10 Å². The molecule has 0 aromatic heterocycles. The Morgan fingerprint density at radius 1 is 1.33 bits per heavy atom. The van der Waals surface area contributed by atoms with E-state index in [1.54, 1.807) is 0 Å². The lowest BCUT2D eigenvalue weighted by molar-refractivity contribution is 0.161. The average molecular weight is 130 g/mol. The predicted molar refractivity (Wildman–Crippen MR) is 40.4 cm³/mol. The summed E-state index contributed by atoms with van der Waals surface area (Å²) in [5.41, 5.74) is 0. The van der Waals surface area contributed by atoms with Crippen molar-refractivity contribution in [3.63, 3.8) is 0 Å². The molecular weight excluding hydrogens is 112 g/mol. The molecule has 0 aliphatic rings. The highest BCUT2D eigenvalue weighted by atomic mass is 16.3. The molecular formula is C8H18O. The molecule has 56 valence electrons. The normalized spacial score (nSPS) is 17.3. The van der Waals surface area contributed by atoms with Crippen LogP contribution < -0.4 is 0 Å². The standard InChI is InChI=1S/C8H18O/c1-4-5-7(2)6-8(3)9/h7-9H,4-6H2,1-3H3/t7-,8+/m0/s1. The van der Waals surface area contributed by atoms with E-state index < -0.39 is 0 Å². The zero-order valence-electron chi connectivity index (χ0n) is 6.72. The van der Waals surface area contributed by atoms with E-state index in [1.165, 1.54) is 12.8 Å². The molecule has 0 aliphatic carbocycles. The molecule has 0 radical (unpaired) electrons. The molecule has 1 nitrogen and oxygen atoms in total. The van der Waals surface area contributed by atoms with Gasteiger partial charge in [0.1, 0.15) is 0 Å². The molecule has 0 aromatic carbocycles. The van der Waals surface area contributed by atoms with Gasteiger partial charge in [0, 0.05) is 0 Å². The van der Waals surface area contributed by atoms with Crippen LogP contribution in [0.4, 0.5) is 0 Å². The Labute approximate surface area is 58.1 Å². The molecule has 0 saturated carbocycles. The van der Waals surface area contributed by atoms with Gasteiger partial charge >= 0.3 is 0 Å². The van der Waals surface area contributed by atoms with Gasteiger partial charge in [-0.1, -0.05) is 26.7 Å². The van der Waals surface area contributed by atoms with Crippen LogP contribution in [0.2, 0.25) is 0 Å². The fourth-order valence-corrected chi connectivity index (χ4v) is 1.19. The van der Waals surface area contributed by atoms with Gasteiger partial charge in [-0.3, -0.25) is 0 Å². The fraction of sp³-hybridized carbons (Fsp3) is 1.00. The monoisotopic (exact) mass is 130 g/mol. The maximum absolute atomic E-state index is 8.95. The first kappa shape index (κ1) is 8.96.